The van der Waals surface area contributed by atoms with E-state index < -0.39 is 0 Å². The Bertz CT molecular complexity index is 839. The maximum absolute atomic E-state index is 13.0. The van der Waals surface area contributed by atoms with Crippen LogP contribution in [0.1, 0.15) is 147 Å². The number of unbranched alkanes of at least 4 members (excludes halogenated alkanes) is 3. The van der Waals surface area contributed by atoms with E-state index in [4.69, 9.17) is 0 Å². The normalized spacial score (nSPS) is 38.0. The Balaban J connectivity index is 2.04. The molecule has 42 heavy (non-hydrogen) atoms. The van der Waals surface area contributed by atoms with Gasteiger partial charge >= 0.3 is 0 Å². The first-order valence-electron chi connectivity index (χ1n) is 17.5. The molecule has 2 fully saturated rings. The summed E-state index contributed by atoms with van der Waals surface area (Å²) < 4.78 is 0. The van der Waals surface area contributed by atoms with Gasteiger partial charge in [0.1, 0.15) is 0 Å². The quantitative estimate of drug-likeness (QED) is 0.207. The molecule has 0 spiro atoms. The van der Waals surface area contributed by atoms with E-state index in [0.29, 0.717) is 11.8 Å². The van der Waals surface area contributed by atoms with Gasteiger partial charge in [0, 0.05) is 61.2 Å². The zero-order valence-corrected chi connectivity index (χ0v) is 30.4. The minimum atomic E-state index is 0.0737. The highest BCUT2D eigenvalue weighted by Gasteiger charge is 2.53. The minimum Gasteiger partial charge on any atom is -0.340 e. The summed E-state index contributed by atoms with van der Waals surface area (Å²) in [5.41, 5.74) is 0.339. The lowest BCUT2D eigenvalue weighted by molar-refractivity contribution is -0.145. The lowest BCUT2D eigenvalue weighted by Crippen LogP contribution is -2.69. The van der Waals surface area contributed by atoms with E-state index >= 15 is 0 Å². The number of carbonyl (C=O) groups excluding carboxylic acids is 2. The molecule has 2 aliphatic heterocycles. The van der Waals surface area contributed by atoms with Gasteiger partial charge in [0.2, 0.25) is 11.8 Å². The standard InChI is InChI=1S/C36H70N4O2/c1-15-33(9)25-31(27(5)35(11,17-3)37(33)13)39(29(7)41)23-21-19-20-22-24-40(30(8)42)32-26-34(10,16-2)38(14)36(12,18-4)28(32)6/h27-28,31-32H,15-26H2,1-14H3. The van der Waals surface area contributed by atoms with Gasteiger partial charge in [0.15, 0.2) is 0 Å². The largest absolute Gasteiger partial charge is 0.340 e. The number of rotatable bonds is 13. The van der Waals surface area contributed by atoms with Crippen LogP contribution in [-0.4, -0.2) is 92.8 Å². The first-order valence-corrected chi connectivity index (χ1v) is 17.5. The third-order valence-electron chi connectivity index (χ3n) is 13.7. The highest BCUT2D eigenvalue weighted by molar-refractivity contribution is 5.74. The lowest BCUT2D eigenvalue weighted by atomic mass is 9.66. The summed E-state index contributed by atoms with van der Waals surface area (Å²) in [6, 6.07) is 0.543. The summed E-state index contributed by atoms with van der Waals surface area (Å²) >= 11 is 0. The summed E-state index contributed by atoms with van der Waals surface area (Å²) in [5.74, 6) is 1.26. The number of piperidine rings is 2. The van der Waals surface area contributed by atoms with Gasteiger partial charge < -0.3 is 9.80 Å². The van der Waals surface area contributed by atoms with E-state index in [1.54, 1.807) is 13.8 Å². The molecule has 0 aromatic heterocycles. The zero-order chi connectivity index (χ0) is 32.3. The van der Waals surface area contributed by atoms with Crippen molar-refractivity contribution in [1.82, 2.24) is 19.6 Å². The van der Waals surface area contributed by atoms with Crippen molar-refractivity contribution in [3.63, 3.8) is 0 Å². The second kappa shape index (κ2) is 14.3. The Kier molecular flexibility index (Phi) is 12.6. The SMILES string of the molecule is CCC1(C)CC(N(CCCCCCN(C(C)=O)C2CC(C)(CC)N(C)C(C)(CC)C2C)C(C)=O)C(C)C(C)(CC)N1C. The van der Waals surface area contributed by atoms with Gasteiger partial charge in [-0.25, -0.2) is 0 Å². The zero-order valence-electron chi connectivity index (χ0n) is 30.4. The second-order valence-electron chi connectivity index (χ2n) is 15.2. The molecular weight excluding hydrogens is 520 g/mol. The molecular formula is C36H70N4O2. The van der Waals surface area contributed by atoms with Crippen LogP contribution < -0.4 is 0 Å². The van der Waals surface area contributed by atoms with Crippen LogP contribution >= 0.6 is 0 Å². The Morgan fingerprint density at radius 2 is 0.929 bits per heavy atom. The fourth-order valence-corrected chi connectivity index (χ4v) is 8.87. The Morgan fingerprint density at radius 1 is 0.619 bits per heavy atom. The minimum absolute atomic E-state index is 0.0737. The summed E-state index contributed by atoms with van der Waals surface area (Å²) in [4.78, 5) is 35.6. The van der Waals surface area contributed by atoms with Crippen LogP contribution in [0, 0.1) is 11.8 Å². The molecule has 0 aromatic carbocycles. The summed E-state index contributed by atoms with van der Waals surface area (Å²) in [7, 11) is 4.58. The van der Waals surface area contributed by atoms with Crippen LogP contribution in [0.2, 0.25) is 0 Å². The molecule has 0 N–H and O–H groups in total. The third kappa shape index (κ3) is 6.90. The number of likely N-dealkylation sites (tertiary alicyclic amines) is 2. The molecule has 0 aromatic rings. The van der Waals surface area contributed by atoms with Crippen LogP contribution in [0.25, 0.3) is 0 Å². The summed E-state index contributed by atoms with van der Waals surface area (Å²) in [6.45, 7) is 28.7. The highest BCUT2D eigenvalue weighted by Crippen LogP contribution is 2.47. The molecule has 0 saturated carbocycles. The van der Waals surface area contributed by atoms with Crippen molar-refractivity contribution >= 4 is 11.8 Å². The van der Waals surface area contributed by atoms with Crippen molar-refractivity contribution in [2.24, 2.45) is 11.8 Å². The number of nitrogens with zero attached hydrogens (tertiary/aromatic N) is 4. The Morgan fingerprint density at radius 3 is 1.17 bits per heavy atom. The Hall–Kier alpha value is -1.14. The van der Waals surface area contributed by atoms with Crippen LogP contribution in [0.15, 0.2) is 0 Å². The predicted octanol–water partition coefficient (Wildman–Crippen LogP) is 7.60. The van der Waals surface area contributed by atoms with Crippen LogP contribution in [-0.2, 0) is 9.59 Å². The molecule has 8 atom stereocenters. The fraction of sp³-hybridized carbons (Fsp3) is 0.944. The van der Waals surface area contributed by atoms with Gasteiger partial charge in [-0.05, 0) is 105 Å². The van der Waals surface area contributed by atoms with Gasteiger partial charge in [0.05, 0.1) is 0 Å². The maximum atomic E-state index is 13.0. The average molecular weight is 591 g/mol. The van der Waals surface area contributed by atoms with Crippen LogP contribution in [0.4, 0.5) is 0 Å². The van der Waals surface area contributed by atoms with Gasteiger partial charge in [-0.3, -0.25) is 19.4 Å². The second-order valence-corrected chi connectivity index (χ2v) is 15.2. The van der Waals surface area contributed by atoms with Crippen molar-refractivity contribution in [2.75, 3.05) is 27.2 Å². The predicted molar refractivity (Wildman–Crippen MR) is 179 cm³/mol. The molecule has 2 aliphatic rings. The van der Waals surface area contributed by atoms with Crippen LogP contribution in [0.5, 0.6) is 0 Å². The lowest BCUT2D eigenvalue weighted by Gasteiger charge is -2.61. The molecule has 6 nitrogen and oxygen atoms in total. The molecule has 0 radical (unpaired) electrons. The maximum Gasteiger partial charge on any atom is 0.219 e. The monoisotopic (exact) mass is 591 g/mol. The topological polar surface area (TPSA) is 47.1 Å². The van der Waals surface area contributed by atoms with E-state index in [1.807, 2.05) is 0 Å². The molecule has 0 aliphatic carbocycles. The van der Waals surface area contributed by atoms with Gasteiger partial charge in [-0.2, -0.15) is 0 Å². The highest BCUT2D eigenvalue weighted by atomic mass is 16.2. The van der Waals surface area contributed by atoms with Gasteiger partial charge in [-0.1, -0.05) is 54.4 Å². The molecule has 2 rings (SSSR count). The van der Waals surface area contributed by atoms with E-state index in [9.17, 15) is 9.59 Å². The first-order chi connectivity index (χ1) is 19.4. The van der Waals surface area contributed by atoms with E-state index in [-0.39, 0.29) is 46.1 Å². The summed E-state index contributed by atoms with van der Waals surface area (Å²) in [6.07, 6.45) is 10.6. The summed E-state index contributed by atoms with van der Waals surface area (Å²) in [5, 5.41) is 0. The molecule has 6 heteroatoms. The number of amides is 2. The van der Waals surface area contributed by atoms with Gasteiger partial charge in [0.25, 0.3) is 0 Å². The average Bonchev–Trinajstić information content (AvgIpc) is 2.96. The number of hydrogen-bond donors (Lipinski definition) is 0. The first kappa shape index (κ1) is 37.0. The fourth-order valence-electron chi connectivity index (χ4n) is 8.87. The van der Waals surface area contributed by atoms with Crippen molar-refractivity contribution in [3.8, 4) is 0 Å². The van der Waals surface area contributed by atoms with Crippen LogP contribution in [0.3, 0.4) is 0 Å². The molecule has 0 bridgehead atoms. The number of hydrogen-bond acceptors (Lipinski definition) is 4. The van der Waals surface area contributed by atoms with Crippen molar-refractivity contribution in [3.05, 3.63) is 0 Å². The molecule has 2 saturated heterocycles. The Labute approximate surface area is 261 Å². The van der Waals surface area contributed by atoms with Crippen molar-refractivity contribution in [2.45, 2.75) is 182 Å². The molecule has 2 amide bonds. The molecule has 246 valence electrons. The third-order valence-corrected chi connectivity index (χ3v) is 13.7. The van der Waals surface area contributed by atoms with Gasteiger partial charge in [-0.15, -0.1) is 0 Å². The molecule has 2 heterocycles. The van der Waals surface area contributed by atoms with Crippen molar-refractivity contribution < 1.29 is 9.59 Å². The van der Waals surface area contributed by atoms with E-state index in [2.05, 4.69) is 103 Å². The van der Waals surface area contributed by atoms with Crippen molar-refractivity contribution in [1.29, 1.82) is 0 Å². The smallest absolute Gasteiger partial charge is 0.219 e. The van der Waals surface area contributed by atoms with E-state index in [1.165, 1.54) is 0 Å². The van der Waals surface area contributed by atoms with E-state index in [0.717, 1.165) is 77.3 Å². The molecule has 8 unspecified atom stereocenters. The number of carbonyl (C=O) groups is 2.